The maximum atomic E-state index is 8.96. The summed E-state index contributed by atoms with van der Waals surface area (Å²) in [6, 6.07) is 0. The van der Waals surface area contributed by atoms with E-state index in [0.29, 0.717) is 0 Å². The summed E-state index contributed by atoms with van der Waals surface area (Å²) in [7, 11) is 0. The van der Waals surface area contributed by atoms with E-state index in [0.717, 1.165) is 12.8 Å². The molecule has 0 bridgehead atoms. The molecule has 0 aromatic rings. The maximum absolute atomic E-state index is 8.96. The third-order valence-corrected chi connectivity index (χ3v) is 6.91. The van der Waals surface area contributed by atoms with Crippen molar-refractivity contribution in [2.24, 2.45) is 5.41 Å². The molecular weight excluding hydrogens is 832 g/mol. The minimum atomic E-state index is -1.67. The van der Waals surface area contributed by atoms with E-state index in [9.17, 15) is 0 Å². The SMILES string of the molecule is CCO.OCC(CO)(CO)CO.OCC(O)C(O)C(O)C(O)CO.OCCCCO.OC[C@@H](O)C(O)[C@@H](O)CO.OC[C@@H](O)[C@@H](O)[C@H](O)[C@@H](O)CO.OC[C@@H](O)[C@H](O)CO. The third kappa shape index (κ3) is 40.9. The molecule has 0 spiro atoms. The van der Waals surface area contributed by atoms with Gasteiger partial charge in [-0.15, -0.1) is 0 Å². The van der Waals surface area contributed by atoms with Gasteiger partial charge >= 0.3 is 0 Å². The molecule has 0 aromatic heterocycles. The molecule has 0 amide bonds. The topological polar surface area (TPSA) is 566 Å². The summed E-state index contributed by atoms with van der Waals surface area (Å²) in [5.74, 6) is 0. The molecule has 60 heavy (non-hydrogen) atoms. The van der Waals surface area contributed by atoms with Crippen molar-refractivity contribution in [3.63, 3.8) is 0 Å². The molecule has 0 aromatic carbocycles. The zero-order chi connectivity index (χ0) is 49.0. The van der Waals surface area contributed by atoms with Gasteiger partial charge in [-0.25, -0.2) is 0 Å². The van der Waals surface area contributed by atoms with Crippen LogP contribution >= 0.6 is 0 Å². The molecule has 0 aliphatic rings. The van der Waals surface area contributed by atoms with Gasteiger partial charge in [-0.1, -0.05) is 0 Å². The Labute approximate surface area is 346 Å². The molecule has 0 rings (SSSR count). The first-order chi connectivity index (χ1) is 28.0. The molecular formula is C32H78O28. The van der Waals surface area contributed by atoms with Crippen molar-refractivity contribution in [2.75, 3.05) is 99.1 Å². The van der Waals surface area contributed by atoms with E-state index in [1.54, 1.807) is 6.92 Å². The van der Waals surface area contributed by atoms with Gasteiger partial charge < -0.3 is 143 Å². The normalized spacial score (nSPS) is 17.4. The summed E-state index contributed by atoms with van der Waals surface area (Å²) in [4.78, 5) is 0. The number of aliphatic hydroxyl groups is 28. The maximum Gasteiger partial charge on any atom is 0.111 e. The van der Waals surface area contributed by atoms with Crippen LogP contribution in [0.15, 0.2) is 0 Å². The van der Waals surface area contributed by atoms with E-state index in [1.165, 1.54) is 0 Å². The van der Waals surface area contributed by atoms with E-state index in [-0.39, 0.29) is 19.8 Å². The monoisotopic (exact) mass is 910 g/mol. The first-order valence-electron chi connectivity index (χ1n) is 18.0. The quantitative estimate of drug-likeness (QED) is 0.0400. The minimum Gasteiger partial charge on any atom is -0.397 e. The van der Waals surface area contributed by atoms with Crippen LogP contribution in [0.25, 0.3) is 0 Å². The Balaban J connectivity index is -0.000000112. The summed E-state index contributed by atoms with van der Waals surface area (Å²) in [5, 5.41) is 238. The van der Waals surface area contributed by atoms with E-state index in [1.807, 2.05) is 0 Å². The Kier molecular flexibility index (Phi) is 61.7. The number of aliphatic hydroxyl groups excluding tert-OH is 28. The van der Waals surface area contributed by atoms with Crippen molar-refractivity contribution in [1.29, 1.82) is 0 Å². The second-order valence-electron chi connectivity index (χ2n) is 12.1. The summed E-state index contributed by atoms with van der Waals surface area (Å²) in [5.41, 5.74) is -1.11. The average Bonchev–Trinajstić information content (AvgIpc) is 3.29. The Morgan fingerprint density at radius 1 is 0.267 bits per heavy atom. The smallest absolute Gasteiger partial charge is 0.111 e. The summed E-state index contributed by atoms with van der Waals surface area (Å²) >= 11 is 0. The molecule has 374 valence electrons. The van der Waals surface area contributed by atoms with Gasteiger partial charge in [0.05, 0.1) is 84.7 Å². The van der Waals surface area contributed by atoms with Crippen molar-refractivity contribution in [1.82, 2.24) is 0 Å². The largest absolute Gasteiger partial charge is 0.397 e. The molecule has 0 heterocycles. The van der Waals surface area contributed by atoms with E-state index >= 15 is 0 Å². The lowest BCUT2D eigenvalue weighted by molar-refractivity contribution is -0.123. The van der Waals surface area contributed by atoms with Crippen molar-refractivity contribution in [3.05, 3.63) is 0 Å². The van der Waals surface area contributed by atoms with Crippen LogP contribution in [0.4, 0.5) is 0 Å². The minimum absolute atomic E-state index is 0.195. The number of rotatable bonds is 24. The van der Waals surface area contributed by atoms with E-state index in [4.69, 9.17) is 143 Å². The lowest BCUT2D eigenvalue weighted by atomic mass is 9.93. The van der Waals surface area contributed by atoms with Gasteiger partial charge in [0, 0.05) is 19.8 Å². The van der Waals surface area contributed by atoms with Gasteiger partial charge in [-0.05, 0) is 19.8 Å². The lowest BCUT2D eigenvalue weighted by Gasteiger charge is -2.24. The van der Waals surface area contributed by atoms with Crippen molar-refractivity contribution >= 4 is 0 Å². The Morgan fingerprint density at radius 2 is 0.417 bits per heavy atom. The third-order valence-electron chi connectivity index (χ3n) is 6.91. The molecule has 5 unspecified atom stereocenters. The van der Waals surface area contributed by atoms with Crippen LogP contribution in [0.5, 0.6) is 0 Å². The van der Waals surface area contributed by atoms with Gasteiger partial charge in [0.25, 0.3) is 0 Å². The number of hydrogen-bond acceptors (Lipinski definition) is 28. The molecule has 28 heteroatoms. The predicted molar refractivity (Wildman–Crippen MR) is 202 cm³/mol. The standard InChI is InChI=1S/2C6H14O6.C5H12O5.C5H12O4.C4H10O4.C4H10O2.C2H6O/c2*7-1-3(9)5(11)6(12)4(10)2-8;6-1-3(8)5(10)4(9)2-7;6-1-5(2-7,3-8)4-9;5-1-3(7)4(8)2-6;5-3-1-2-4-6;1-2-3/h2*3-12H,1-2H2;3-10H,1-2H2;6-9H,1-4H2;3-8H,1-2H2;5-6H,1-4H2;3H,2H2,1H3/t3-,4+,5-,6-;;3-,4+,5?;;3-,4-;;/m1...1../s1. The van der Waals surface area contributed by atoms with Crippen molar-refractivity contribution < 1.29 is 143 Å². The Bertz CT molecular complexity index is 697. The fourth-order valence-electron chi connectivity index (χ4n) is 2.58. The zero-order valence-corrected chi connectivity index (χ0v) is 33.5. The molecule has 0 fully saturated rings. The van der Waals surface area contributed by atoms with Crippen LogP contribution < -0.4 is 0 Å². The molecule has 0 saturated heterocycles. The summed E-state index contributed by atoms with van der Waals surface area (Å²) < 4.78 is 0. The highest BCUT2D eigenvalue weighted by molar-refractivity contribution is 4.81. The highest BCUT2D eigenvalue weighted by Crippen LogP contribution is 2.12. The van der Waals surface area contributed by atoms with Crippen LogP contribution in [0.1, 0.15) is 19.8 Å². The summed E-state index contributed by atoms with van der Waals surface area (Å²) in [6.07, 6.45) is -18.1. The van der Waals surface area contributed by atoms with Crippen molar-refractivity contribution in [2.45, 2.75) is 99.1 Å². The van der Waals surface area contributed by atoms with E-state index in [2.05, 4.69) is 0 Å². The fourth-order valence-corrected chi connectivity index (χ4v) is 2.58. The Hall–Kier alpha value is -1.12. The predicted octanol–water partition coefficient (Wildman–Crippen LogP) is -14.7. The van der Waals surface area contributed by atoms with Crippen molar-refractivity contribution in [3.8, 4) is 0 Å². The highest BCUT2D eigenvalue weighted by Gasteiger charge is 2.30. The average molecular weight is 911 g/mol. The zero-order valence-electron chi connectivity index (χ0n) is 33.5. The van der Waals surface area contributed by atoms with Crippen LogP contribution in [0, 0.1) is 5.41 Å². The van der Waals surface area contributed by atoms with Gasteiger partial charge in [-0.3, -0.25) is 0 Å². The molecule has 0 saturated carbocycles. The van der Waals surface area contributed by atoms with Gasteiger partial charge in [0.1, 0.15) is 79.4 Å². The second kappa shape index (κ2) is 50.5. The first kappa shape index (κ1) is 73.3. The molecule has 0 aliphatic carbocycles. The summed E-state index contributed by atoms with van der Waals surface area (Å²) in [6.45, 7) is -4.54. The second-order valence-corrected chi connectivity index (χ2v) is 12.1. The fraction of sp³-hybridized carbons (Fsp3) is 1.00. The van der Waals surface area contributed by atoms with Gasteiger partial charge in [0.15, 0.2) is 0 Å². The first-order valence-corrected chi connectivity index (χ1v) is 18.0. The Morgan fingerprint density at radius 3 is 0.517 bits per heavy atom. The molecule has 0 aliphatic heterocycles. The molecule has 28 nitrogen and oxygen atoms in total. The van der Waals surface area contributed by atoms with Gasteiger partial charge in [0.2, 0.25) is 0 Å². The number of hydrogen-bond donors (Lipinski definition) is 28. The molecule has 28 N–H and O–H groups in total. The van der Waals surface area contributed by atoms with Crippen LogP contribution in [0.2, 0.25) is 0 Å². The van der Waals surface area contributed by atoms with Gasteiger partial charge in [-0.2, -0.15) is 0 Å². The highest BCUT2D eigenvalue weighted by atomic mass is 16.4. The molecule has 13 atom stereocenters. The van der Waals surface area contributed by atoms with Crippen LogP contribution in [-0.4, -0.2) is 321 Å². The van der Waals surface area contributed by atoms with Crippen LogP contribution in [-0.2, 0) is 0 Å². The lowest BCUT2D eigenvalue weighted by Crippen LogP contribution is -2.46. The van der Waals surface area contributed by atoms with E-state index < -0.39 is 164 Å². The van der Waals surface area contributed by atoms with Crippen LogP contribution in [0.3, 0.4) is 0 Å². The number of unbranched alkanes of at least 4 members (excludes halogenated alkanes) is 1. The molecule has 0 radical (unpaired) electrons.